The Labute approximate surface area is 216 Å². The maximum absolute atomic E-state index is 14.7. The van der Waals surface area contributed by atoms with Crippen LogP contribution in [0.2, 0.25) is 5.02 Å². The molecule has 2 amide bonds. The third-order valence-corrected chi connectivity index (χ3v) is 9.44. The highest BCUT2D eigenvalue weighted by molar-refractivity contribution is 8.15. The number of rotatable bonds is 8. The molecule has 0 aliphatic carbocycles. The van der Waals surface area contributed by atoms with E-state index in [0.717, 1.165) is 4.90 Å². The van der Waals surface area contributed by atoms with Gasteiger partial charge in [-0.2, -0.15) is 13.2 Å². The van der Waals surface area contributed by atoms with Crippen molar-refractivity contribution in [1.82, 2.24) is 5.32 Å². The second kappa shape index (κ2) is 10.8. The molecule has 1 heterocycles. The Morgan fingerprint density at radius 3 is 2.11 bits per heavy atom. The summed E-state index contributed by atoms with van der Waals surface area (Å²) in [6, 6.07) is 12.0. The van der Waals surface area contributed by atoms with E-state index in [-0.39, 0.29) is 46.4 Å². The van der Waals surface area contributed by atoms with Gasteiger partial charge in [0.05, 0.1) is 18.9 Å². The minimum Gasteiger partial charge on any atom is -0.311 e. The fourth-order valence-electron chi connectivity index (χ4n) is 3.48. The van der Waals surface area contributed by atoms with Crippen LogP contribution in [0.25, 0.3) is 0 Å². The van der Waals surface area contributed by atoms with E-state index in [1.165, 1.54) is 38.1 Å². The smallest absolute Gasteiger partial charge is 0.311 e. The molecule has 0 spiro atoms. The van der Waals surface area contributed by atoms with Crippen LogP contribution in [0, 0.1) is 0 Å². The van der Waals surface area contributed by atoms with Crippen LogP contribution in [-0.4, -0.2) is 35.9 Å². The molecule has 1 saturated heterocycles. The van der Waals surface area contributed by atoms with Crippen LogP contribution < -0.4 is 10.2 Å². The number of nitrogens with zero attached hydrogens (tertiary/aromatic N) is 2. The van der Waals surface area contributed by atoms with Gasteiger partial charge in [0, 0.05) is 5.02 Å². The minimum atomic E-state index is -4.95. The number of thioether (sulfide) groups is 1. The number of urea groups is 1. The quantitative estimate of drug-likeness (QED) is 0.339. The molecule has 0 unspecified atom stereocenters. The average molecular weight is 564 g/mol. The second-order valence-corrected chi connectivity index (χ2v) is 12.3. The van der Waals surface area contributed by atoms with E-state index in [9.17, 15) is 22.5 Å². The van der Waals surface area contributed by atoms with Gasteiger partial charge in [0.15, 0.2) is 10.4 Å². The van der Waals surface area contributed by atoms with E-state index < -0.39 is 30.0 Å². The number of hydrogen-bond acceptors (Lipinski definition) is 6. The van der Waals surface area contributed by atoms with Crippen LogP contribution in [-0.2, 0) is 18.5 Å². The van der Waals surface area contributed by atoms with Gasteiger partial charge in [-0.1, -0.05) is 41.9 Å². The van der Waals surface area contributed by atoms with Crippen molar-refractivity contribution in [2.45, 2.75) is 44.0 Å². The van der Waals surface area contributed by atoms with Gasteiger partial charge >= 0.3 is 19.8 Å². The van der Waals surface area contributed by atoms with E-state index in [4.69, 9.17) is 20.6 Å². The normalized spacial score (nSPS) is 20.5. The molecule has 0 saturated carbocycles. The molecule has 0 aromatic heterocycles. The van der Waals surface area contributed by atoms with Gasteiger partial charge in [0.25, 0.3) is 0 Å². The molecule has 1 aliphatic heterocycles. The fourth-order valence-corrected chi connectivity index (χ4v) is 6.61. The number of alkyl halides is 3. The molecule has 13 heteroatoms. The molecule has 7 nitrogen and oxygen atoms in total. The summed E-state index contributed by atoms with van der Waals surface area (Å²) in [6.45, 7) is 6.14. The first kappa shape index (κ1) is 28.5. The number of benzene rings is 2. The minimum absolute atomic E-state index is 0.0266. The van der Waals surface area contributed by atoms with Crippen LogP contribution in [0.3, 0.4) is 0 Å². The van der Waals surface area contributed by atoms with Gasteiger partial charge in [-0.25, -0.2) is 14.7 Å². The number of carbonyl (C=O) groups is 1. The van der Waals surface area contributed by atoms with E-state index in [1.807, 2.05) is 0 Å². The van der Waals surface area contributed by atoms with Crippen molar-refractivity contribution in [3.8, 4) is 0 Å². The highest BCUT2D eigenvalue weighted by Crippen LogP contribution is 2.61. The number of carbonyl (C=O) groups excluding carboxylic acids is 1. The summed E-state index contributed by atoms with van der Waals surface area (Å²) in [4.78, 5) is 15.9. The Hall–Kier alpha value is -2.04. The van der Waals surface area contributed by atoms with Crippen molar-refractivity contribution in [2.75, 3.05) is 18.1 Å². The number of amidine groups is 1. The number of hydrogen-bond donors (Lipinski definition) is 1. The highest BCUT2D eigenvalue weighted by Gasteiger charge is 2.62. The Morgan fingerprint density at radius 2 is 1.61 bits per heavy atom. The molecule has 1 aliphatic rings. The molecule has 2 aromatic rings. The molecule has 1 atom stereocenters. The number of anilines is 1. The predicted molar refractivity (Wildman–Crippen MR) is 137 cm³/mol. The molecule has 1 fully saturated rings. The molecule has 2 aromatic carbocycles. The first-order chi connectivity index (χ1) is 16.8. The summed E-state index contributed by atoms with van der Waals surface area (Å²) in [7, 11) is -3.95. The maximum Gasteiger partial charge on any atom is 0.425 e. The molecule has 1 N–H and O–H groups in total. The largest absolute Gasteiger partial charge is 0.425 e. The third-order valence-electron chi connectivity index (χ3n) is 5.22. The van der Waals surface area contributed by atoms with Gasteiger partial charge in [-0.3, -0.25) is 4.57 Å². The van der Waals surface area contributed by atoms with Gasteiger partial charge in [0.2, 0.25) is 4.87 Å². The number of halogens is 4. The van der Waals surface area contributed by atoms with Crippen molar-refractivity contribution < 1.29 is 31.6 Å². The van der Waals surface area contributed by atoms with Crippen LogP contribution >= 0.6 is 31.0 Å². The summed E-state index contributed by atoms with van der Waals surface area (Å²) in [5, 5.41) is 0.396. The summed E-state index contributed by atoms with van der Waals surface area (Å²) >= 11 is 6.18. The second-order valence-electron chi connectivity index (χ2n) is 8.11. The zero-order valence-electron chi connectivity index (χ0n) is 20.0. The SMILES string of the molecule is CCOP(=O)(OCC)C(C)(C)N=C1S[C@](c2ccc(Cl)cc2)(C(F)(F)F)NC(=O)N1c1ccccc1. The Morgan fingerprint density at radius 1 is 1.06 bits per heavy atom. The lowest BCUT2D eigenvalue weighted by molar-refractivity contribution is -0.167. The lowest BCUT2D eigenvalue weighted by Crippen LogP contribution is -2.63. The molecule has 36 heavy (non-hydrogen) atoms. The summed E-state index contributed by atoms with van der Waals surface area (Å²) in [6.07, 6.45) is -4.95. The van der Waals surface area contributed by atoms with Crippen LogP contribution in [0.1, 0.15) is 33.3 Å². The molecule has 196 valence electrons. The van der Waals surface area contributed by atoms with Crippen molar-refractivity contribution in [2.24, 2.45) is 4.99 Å². The fraction of sp³-hybridized carbons (Fsp3) is 0.391. The zero-order chi connectivity index (χ0) is 26.8. The number of para-hydroxylation sites is 1. The topological polar surface area (TPSA) is 80.2 Å². The molecular formula is C23H26ClF3N3O4PS. The van der Waals surface area contributed by atoms with Gasteiger partial charge in [0.1, 0.15) is 0 Å². The zero-order valence-corrected chi connectivity index (χ0v) is 22.5. The van der Waals surface area contributed by atoms with Crippen molar-refractivity contribution >= 4 is 47.8 Å². The highest BCUT2D eigenvalue weighted by atomic mass is 35.5. The third kappa shape index (κ3) is 5.45. The molecular weight excluding hydrogens is 538 g/mol. The van der Waals surface area contributed by atoms with E-state index in [2.05, 4.69) is 10.3 Å². The van der Waals surface area contributed by atoms with E-state index in [1.54, 1.807) is 44.2 Å². The Bertz CT molecular complexity index is 1160. The van der Waals surface area contributed by atoms with Crippen molar-refractivity contribution in [3.63, 3.8) is 0 Å². The first-order valence-electron chi connectivity index (χ1n) is 11.0. The van der Waals surface area contributed by atoms with E-state index in [0.29, 0.717) is 0 Å². The summed E-state index contributed by atoms with van der Waals surface area (Å²) < 4.78 is 68.6. The number of aliphatic imine (C=N–C) groups is 1. The van der Waals surface area contributed by atoms with Crippen LogP contribution in [0.15, 0.2) is 59.6 Å². The van der Waals surface area contributed by atoms with Crippen molar-refractivity contribution in [3.05, 3.63) is 65.2 Å². The lowest BCUT2D eigenvalue weighted by Gasteiger charge is -2.44. The number of amides is 2. The van der Waals surface area contributed by atoms with Crippen molar-refractivity contribution in [1.29, 1.82) is 0 Å². The molecule has 0 bridgehead atoms. The average Bonchev–Trinajstić information content (AvgIpc) is 2.79. The Kier molecular flexibility index (Phi) is 8.52. The van der Waals surface area contributed by atoms with Crippen LogP contribution in [0.5, 0.6) is 0 Å². The first-order valence-corrected chi connectivity index (χ1v) is 13.7. The molecule has 0 radical (unpaired) electrons. The lowest BCUT2D eigenvalue weighted by atomic mass is 10.1. The van der Waals surface area contributed by atoms with Gasteiger partial charge in [-0.15, -0.1) is 0 Å². The van der Waals surface area contributed by atoms with Crippen LogP contribution in [0.4, 0.5) is 23.7 Å². The summed E-state index contributed by atoms with van der Waals surface area (Å²) in [5.74, 6) is 0. The Balaban J connectivity index is 2.25. The maximum atomic E-state index is 14.7. The van der Waals surface area contributed by atoms with Gasteiger partial charge in [-0.05, 0) is 69.3 Å². The monoisotopic (exact) mass is 563 g/mol. The predicted octanol–water partition coefficient (Wildman–Crippen LogP) is 7.38. The summed E-state index contributed by atoms with van der Waals surface area (Å²) in [5.41, 5.74) is 0.0142. The number of nitrogens with one attached hydrogen (secondary N) is 1. The standard InChI is InChI=1S/C23H26ClF3N3O4PS/c1-5-33-35(32,34-6-2)21(3,4)29-20-30(18-10-8-7-9-11-18)19(31)28-22(36-20,23(25,26)27)16-12-14-17(24)15-13-16/h7-15H,5-6H2,1-4H3,(H,28,31)/t22-/m1/s1. The van der Waals surface area contributed by atoms with Gasteiger partial charge < -0.3 is 14.4 Å². The molecule has 3 rings (SSSR count). The van der Waals surface area contributed by atoms with E-state index >= 15 is 0 Å².